The lowest BCUT2D eigenvalue weighted by atomic mass is 10.2. The van der Waals surface area contributed by atoms with Gasteiger partial charge in [-0.15, -0.1) is 24.0 Å². The van der Waals surface area contributed by atoms with Crippen molar-refractivity contribution >= 4 is 35.9 Å². The highest BCUT2D eigenvalue weighted by atomic mass is 127. The number of rotatable bonds is 7. The number of benzene rings is 1. The number of guanidine groups is 1. The second-order valence-electron chi connectivity index (χ2n) is 4.39. The van der Waals surface area contributed by atoms with Crippen LogP contribution in [0.2, 0.25) is 0 Å². The Morgan fingerprint density at radius 2 is 2.14 bits per heavy atom. The fourth-order valence-electron chi connectivity index (χ4n) is 1.73. The van der Waals surface area contributed by atoms with Crippen molar-refractivity contribution in [3.8, 4) is 0 Å². The van der Waals surface area contributed by atoms with Crippen LogP contribution in [0.5, 0.6) is 0 Å². The highest BCUT2D eigenvalue weighted by Crippen LogP contribution is 2.02. The molecule has 7 heteroatoms. The van der Waals surface area contributed by atoms with E-state index in [0.717, 1.165) is 5.56 Å². The Labute approximate surface area is 147 Å². The normalized spacial score (nSPS) is 10.6. The summed E-state index contributed by atoms with van der Waals surface area (Å²) in [6.07, 6.45) is 1.04. The van der Waals surface area contributed by atoms with Crippen LogP contribution in [0.15, 0.2) is 29.3 Å². The summed E-state index contributed by atoms with van der Waals surface area (Å²) in [5.41, 5.74) is 0.837. The molecule has 0 fully saturated rings. The van der Waals surface area contributed by atoms with Gasteiger partial charge in [-0.05, 0) is 31.0 Å². The van der Waals surface area contributed by atoms with Gasteiger partial charge < -0.3 is 15.4 Å². The summed E-state index contributed by atoms with van der Waals surface area (Å²) in [5.74, 6) is 0.164. The lowest BCUT2D eigenvalue weighted by Gasteiger charge is -2.11. The third-order valence-electron chi connectivity index (χ3n) is 2.73. The molecule has 2 N–H and O–H groups in total. The minimum Gasteiger partial charge on any atom is -0.466 e. The van der Waals surface area contributed by atoms with Gasteiger partial charge in [-0.2, -0.15) is 0 Å². The quantitative estimate of drug-likeness (QED) is 0.233. The summed E-state index contributed by atoms with van der Waals surface area (Å²) in [6.45, 7) is 3.29. The summed E-state index contributed by atoms with van der Waals surface area (Å²) in [4.78, 5) is 15.2. The van der Waals surface area contributed by atoms with Crippen LogP contribution in [0, 0.1) is 5.82 Å². The molecule has 1 rings (SSSR count). The van der Waals surface area contributed by atoms with E-state index in [1.54, 1.807) is 20.0 Å². The standard InChI is InChI=1S/C15H22FN3O2.HI/c1-3-21-14(20)8-5-9-18-15(17-2)19-11-12-6-4-7-13(16)10-12;/h4,6-7,10H,3,5,8-9,11H2,1-2H3,(H2,17,18,19);1H. The number of carbonyl (C=O) groups excluding carboxylic acids is 1. The average molecular weight is 423 g/mol. The number of hydrogen-bond donors (Lipinski definition) is 2. The molecule has 124 valence electrons. The molecule has 1 aromatic rings. The maximum absolute atomic E-state index is 13.0. The highest BCUT2D eigenvalue weighted by molar-refractivity contribution is 14.0. The summed E-state index contributed by atoms with van der Waals surface area (Å²) < 4.78 is 17.9. The van der Waals surface area contributed by atoms with E-state index in [-0.39, 0.29) is 35.8 Å². The van der Waals surface area contributed by atoms with Crippen LogP contribution < -0.4 is 10.6 Å². The van der Waals surface area contributed by atoms with Gasteiger partial charge in [-0.25, -0.2) is 4.39 Å². The fraction of sp³-hybridized carbons (Fsp3) is 0.467. The van der Waals surface area contributed by atoms with Crippen molar-refractivity contribution < 1.29 is 13.9 Å². The van der Waals surface area contributed by atoms with Gasteiger partial charge >= 0.3 is 5.97 Å². The van der Waals surface area contributed by atoms with Crippen LogP contribution in [0.1, 0.15) is 25.3 Å². The van der Waals surface area contributed by atoms with Crippen molar-refractivity contribution in [2.24, 2.45) is 4.99 Å². The lowest BCUT2D eigenvalue weighted by molar-refractivity contribution is -0.143. The Balaban J connectivity index is 0.00000441. The van der Waals surface area contributed by atoms with Crippen LogP contribution in [0.25, 0.3) is 0 Å². The molecule has 5 nitrogen and oxygen atoms in total. The summed E-state index contributed by atoms with van der Waals surface area (Å²) >= 11 is 0. The van der Waals surface area contributed by atoms with E-state index in [4.69, 9.17) is 4.74 Å². The largest absolute Gasteiger partial charge is 0.466 e. The van der Waals surface area contributed by atoms with Crippen molar-refractivity contribution in [3.63, 3.8) is 0 Å². The zero-order valence-electron chi connectivity index (χ0n) is 12.9. The molecular weight excluding hydrogens is 400 g/mol. The van der Waals surface area contributed by atoms with E-state index in [1.807, 2.05) is 6.07 Å². The van der Waals surface area contributed by atoms with Crippen LogP contribution in [0.3, 0.4) is 0 Å². The van der Waals surface area contributed by atoms with Crippen LogP contribution >= 0.6 is 24.0 Å². The van der Waals surface area contributed by atoms with Crippen molar-refractivity contribution in [2.45, 2.75) is 26.3 Å². The maximum atomic E-state index is 13.0. The summed E-state index contributed by atoms with van der Waals surface area (Å²) in [7, 11) is 1.66. The molecule has 0 saturated carbocycles. The van der Waals surface area contributed by atoms with Crippen molar-refractivity contribution in [2.75, 3.05) is 20.2 Å². The Hall–Kier alpha value is -1.38. The fourth-order valence-corrected chi connectivity index (χ4v) is 1.73. The van der Waals surface area contributed by atoms with Crippen molar-refractivity contribution in [1.82, 2.24) is 10.6 Å². The first-order chi connectivity index (χ1) is 10.2. The summed E-state index contributed by atoms with van der Waals surface area (Å²) in [5, 5.41) is 6.17. The van der Waals surface area contributed by atoms with Gasteiger partial charge in [0, 0.05) is 26.6 Å². The first-order valence-electron chi connectivity index (χ1n) is 7.00. The van der Waals surface area contributed by atoms with Crippen LogP contribution in [-0.4, -0.2) is 32.1 Å². The van der Waals surface area contributed by atoms with Gasteiger partial charge in [0.25, 0.3) is 0 Å². The number of nitrogens with one attached hydrogen (secondary N) is 2. The Morgan fingerprint density at radius 3 is 2.77 bits per heavy atom. The molecule has 0 spiro atoms. The molecule has 0 aliphatic rings. The smallest absolute Gasteiger partial charge is 0.305 e. The minimum atomic E-state index is -0.258. The predicted octanol–water partition coefficient (Wildman–Crippen LogP) is 2.45. The van der Waals surface area contributed by atoms with Crippen LogP contribution in [-0.2, 0) is 16.1 Å². The number of aliphatic imine (C=N–C) groups is 1. The maximum Gasteiger partial charge on any atom is 0.305 e. The molecule has 0 amide bonds. The molecule has 0 saturated heterocycles. The average Bonchev–Trinajstić information content (AvgIpc) is 2.47. The molecular formula is C15H23FIN3O2. The number of nitrogens with zero attached hydrogens (tertiary/aromatic N) is 1. The SMILES string of the molecule is CCOC(=O)CCCNC(=NC)NCc1cccc(F)c1.I. The van der Waals surface area contributed by atoms with Gasteiger partial charge in [-0.3, -0.25) is 9.79 Å². The second kappa shape index (κ2) is 12.2. The lowest BCUT2D eigenvalue weighted by Crippen LogP contribution is -2.37. The Kier molecular flexibility index (Phi) is 11.4. The number of ether oxygens (including phenoxy) is 1. The molecule has 0 bridgehead atoms. The zero-order chi connectivity index (χ0) is 15.5. The van der Waals surface area contributed by atoms with Crippen molar-refractivity contribution in [1.29, 1.82) is 0 Å². The van der Waals surface area contributed by atoms with E-state index >= 15 is 0 Å². The predicted molar refractivity (Wildman–Crippen MR) is 95.9 cm³/mol. The van der Waals surface area contributed by atoms with Gasteiger partial charge in [-0.1, -0.05) is 12.1 Å². The monoisotopic (exact) mass is 423 g/mol. The van der Waals surface area contributed by atoms with Gasteiger partial charge in [0.1, 0.15) is 5.82 Å². The zero-order valence-corrected chi connectivity index (χ0v) is 15.2. The highest BCUT2D eigenvalue weighted by Gasteiger charge is 2.02. The van der Waals surface area contributed by atoms with E-state index in [1.165, 1.54) is 12.1 Å². The number of esters is 1. The molecule has 22 heavy (non-hydrogen) atoms. The molecule has 1 aromatic carbocycles. The molecule has 0 radical (unpaired) electrons. The van der Waals surface area contributed by atoms with Crippen LogP contribution in [0.4, 0.5) is 4.39 Å². The molecule has 0 aliphatic heterocycles. The number of halogens is 2. The third-order valence-corrected chi connectivity index (χ3v) is 2.73. The first-order valence-corrected chi connectivity index (χ1v) is 7.00. The Morgan fingerprint density at radius 1 is 1.36 bits per heavy atom. The van der Waals surface area contributed by atoms with Gasteiger partial charge in [0.05, 0.1) is 6.61 Å². The van der Waals surface area contributed by atoms with Crippen molar-refractivity contribution in [3.05, 3.63) is 35.6 Å². The second-order valence-corrected chi connectivity index (χ2v) is 4.39. The van der Waals surface area contributed by atoms with E-state index in [9.17, 15) is 9.18 Å². The molecule has 0 heterocycles. The first kappa shape index (κ1) is 20.6. The summed E-state index contributed by atoms with van der Waals surface area (Å²) in [6, 6.07) is 6.39. The topological polar surface area (TPSA) is 62.7 Å². The molecule has 0 aliphatic carbocycles. The van der Waals surface area contributed by atoms with E-state index in [2.05, 4.69) is 15.6 Å². The molecule has 0 atom stereocenters. The van der Waals surface area contributed by atoms with E-state index < -0.39 is 0 Å². The van der Waals surface area contributed by atoms with E-state index in [0.29, 0.717) is 38.5 Å². The molecule has 0 aromatic heterocycles. The minimum absolute atomic E-state index is 0. The molecule has 0 unspecified atom stereocenters. The number of hydrogen-bond acceptors (Lipinski definition) is 3. The third kappa shape index (κ3) is 8.81. The Bertz CT molecular complexity index is 484. The van der Waals surface area contributed by atoms with Gasteiger partial charge in [0.15, 0.2) is 5.96 Å². The number of carbonyl (C=O) groups is 1. The van der Waals surface area contributed by atoms with Gasteiger partial charge in [0.2, 0.25) is 0 Å².